The van der Waals surface area contributed by atoms with Crippen LogP contribution in [0.4, 0.5) is 11.4 Å². The lowest BCUT2D eigenvalue weighted by molar-refractivity contribution is -0.144. The third-order valence-electron chi connectivity index (χ3n) is 7.98. The molecule has 6 heteroatoms. The van der Waals surface area contributed by atoms with E-state index in [1.54, 1.807) is 0 Å². The van der Waals surface area contributed by atoms with E-state index in [1.807, 2.05) is 36.2 Å². The smallest absolute Gasteiger partial charge is 0.238 e. The molecule has 1 amide bonds. The minimum atomic E-state index is -0.0885. The molecule has 1 aliphatic heterocycles. The molecule has 31 heavy (non-hydrogen) atoms. The molecular formula is C25H35N3O3. The van der Waals surface area contributed by atoms with Crippen LogP contribution in [0.3, 0.4) is 0 Å². The standard InChI is InChI=1S/C25H35N3O3/c1-27(16-23(29)25-13-18-10-19(14-25)12-20(11-18)15-25)17-24(30)26-21-2-4-22(5-3-21)28-6-8-31-9-7-28/h2-5,18-20H,6-17H2,1H3,(H,26,30). The summed E-state index contributed by atoms with van der Waals surface area (Å²) in [6.45, 7) is 3.93. The number of anilines is 2. The van der Waals surface area contributed by atoms with Crippen molar-refractivity contribution >= 4 is 23.1 Å². The van der Waals surface area contributed by atoms with E-state index in [1.165, 1.54) is 19.3 Å². The van der Waals surface area contributed by atoms with Crippen molar-refractivity contribution in [1.82, 2.24) is 4.90 Å². The molecule has 1 N–H and O–H groups in total. The lowest BCUT2D eigenvalue weighted by Gasteiger charge is -2.56. The van der Waals surface area contributed by atoms with E-state index in [9.17, 15) is 9.59 Å². The van der Waals surface area contributed by atoms with Gasteiger partial charge in [0, 0.05) is 29.9 Å². The van der Waals surface area contributed by atoms with Crippen molar-refractivity contribution in [3.05, 3.63) is 24.3 Å². The van der Waals surface area contributed by atoms with Crippen molar-refractivity contribution < 1.29 is 14.3 Å². The minimum Gasteiger partial charge on any atom is -0.378 e. The molecule has 6 nitrogen and oxygen atoms in total. The van der Waals surface area contributed by atoms with E-state index in [4.69, 9.17) is 4.74 Å². The molecule has 1 aromatic rings. The SMILES string of the molecule is CN(CC(=O)Nc1ccc(N2CCOCC2)cc1)CC(=O)C12CC3CC(CC(C3)C1)C2. The molecule has 1 saturated heterocycles. The van der Waals surface area contributed by atoms with Crippen LogP contribution >= 0.6 is 0 Å². The third-order valence-corrected chi connectivity index (χ3v) is 7.98. The summed E-state index contributed by atoms with van der Waals surface area (Å²) in [5.74, 6) is 2.61. The number of morpholine rings is 1. The van der Waals surface area contributed by atoms with Crippen molar-refractivity contribution in [2.24, 2.45) is 23.2 Å². The number of hydrogen-bond acceptors (Lipinski definition) is 5. The first kappa shape index (κ1) is 21.0. The molecule has 0 atom stereocenters. The number of ketones is 1. The Balaban J connectivity index is 1.12. The normalized spacial score (nSPS) is 31.8. The molecule has 168 valence electrons. The Bertz CT molecular complexity index is 781. The first-order chi connectivity index (χ1) is 15.0. The molecule has 0 unspecified atom stereocenters. The third kappa shape index (κ3) is 4.51. The number of ether oxygens (including phenoxy) is 1. The summed E-state index contributed by atoms with van der Waals surface area (Å²) in [6, 6.07) is 7.98. The number of hydrogen-bond donors (Lipinski definition) is 1. The second-order valence-electron chi connectivity index (χ2n) is 10.5. The Morgan fingerprint density at radius 3 is 2.16 bits per heavy atom. The van der Waals surface area contributed by atoms with Gasteiger partial charge < -0.3 is 15.0 Å². The van der Waals surface area contributed by atoms with Crippen molar-refractivity contribution in [3.63, 3.8) is 0 Å². The molecule has 0 radical (unpaired) electrons. The van der Waals surface area contributed by atoms with Crippen LogP contribution in [0.2, 0.25) is 0 Å². The lowest BCUT2D eigenvalue weighted by Crippen LogP contribution is -2.52. The number of Topliss-reactive ketones (excluding diaryl/α,β-unsaturated/α-hetero) is 1. The van der Waals surface area contributed by atoms with E-state index in [0.29, 0.717) is 12.3 Å². The van der Waals surface area contributed by atoms with Gasteiger partial charge in [0.15, 0.2) is 5.78 Å². The van der Waals surface area contributed by atoms with E-state index < -0.39 is 0 Å². The molecule has 0 aromatic heterocycles. The number of nitrogens with one attached hydrogen (secondary N) is 1. The quantitative estimate of drug-likeness (QED) is 0.727. The fourth-order valence-corrected chi connectivity index (χ4v) is 6.94. The number of nitrogens with zero attached hydrogens (tertiary/aromatic N) is 2. The van der Waals surface area contributed by atoms with E-state index in [-0.39, 0.29) is 17.9 Å². The number of carbonyl (C=O) groups excluding carboxylic acids is 2. The number of rotatable bonds is 7. The summed E-state index contributed by atoms with van der Waals surface area (Å²) in [5, 5.41) is 2.98. The summed E-state index contributed by atoms with van der Waals surface area (Å²) >= 11 is 0. The van der Waals surface area contributed by atoms with Crippen molar-refractivity contribution in [2.45, 2.75) is 38.5 Å². The topological polar surface area (TPSA) is 61.9 Å². The van der Waals surface area contributed by atoms with E-state index >= 15 is 0 Å². The maximum absolute atomic E-state index is 13.2. The van der Waals surface area contributed by atoms with Crippen molar-refractivity contribution in [3.8, 4) is 0 Å². The minimum absolute atomic E-state index is 0.0695. The average Bonchev–Trinajstić information content (AvgIpc) is 2.74. The zero-order valence-electron chi connectivity index (χ0n) is 18.6. The lowest BCUT2D eigenvalue weighted by atomic mass is 9.48. The van der Waals surface area contributed by atoms with Crippen molar-refractivity contribution in [1.29, 1.82) is 0 Å². The average molecular weight is 426 g/mol. The highest BCUT2D eigenvalue weighted by atomic mass is 16.5. The molecule has 5 aliphatic rings. The highest BCUT2D eigenvalue weighted by Gasteiger charge is 2.54. The summed E-state index contributed by atoms with van der Waals surface area (Å²) in [7, 11) is 1.89. The first-order valence-electron chi connectivity index (χ1n) is 11.9. The van der Waals surface area contributed by atoms with Gasteiger partial charge in [0.2, 0.25) is 5.91 Å². The largest absolute Gasteiger partial charge is 0.378 e. The fraction of sp³-hybridized carbons (Fsp3) is 0.680. The number of carbonyl (C=O) groups is 2. The molecule has 1 heterocycles. The highest BCUT2D eigenvalue weighted by molar-refractivity contribution is 5.93. The number of benzene rings is 1. The summed E-state index contributed by atoms with van der Waals surface area (Å²) in [5.41, 5.74) is 1.86. The van der Waals surface area contributed by atoms with Crippen LogP contribution < -0.4 is 10.2 Å². The van der Waals surface area contributed by atoms with Crippen molar-refractivity contribution in [2.75, 3.05) is 56.7 Å². The Hall–Kier alpha value is -1.92. The van der Waals surface area contributed by atoms with Crippen LogP contribution in [0.5, 0.6) is 0 Å². The van der Waals surface area contributed by atoms with Gasteiger partial charge in [-0.15, -0.1) is 0 Å². The zero-order valence-corrected chi connectivity index (χ0v) is 18.6. The molecule has 4 aliphatic carbocycles. The molecule has 0 spiro atoms. The molecule has 5 fully saturated rings. The van der Waals surface area contributed by atoms with Gasteiger partial charge in [-0.3, -0.25) is 14.5 Å². The highest BCUT2D eigenvalue weighted by Crippen LogP contribution is 2.60. The predicted molar refractivity (Wildman–Crippen MR) is 121 cm³/mol. The van der Waals surface area contributed by atoms with Crippen LogP contribution in [-0.4, -0.2) is 63.0 Å². The zero-order chi connectivity index (χ0) is 21.4. The van der Waals surface area contributed by atoms with Gasteiger partial charge in [0.05, 0.1) is 26.3 Å². The van der Waals surface area contributed by atoms with Gasteiger partial charge in [-0.05, 0) is 87.6 Å². The molecular weight excluding hydrogens is 390 g/mol. The number of likely N-dealkylation sites (N-methyl/N-ethyl adjacent to an activating group) is 1. The predicted octanol–water partition coefficient (Wildman–Crippen LogP) is 3.18. The van der Waals surface area contributed by atoms with Crippen LogP contribution in [0.25, 0.3) is 0 Å². The monoisotopic (exact) mass is 425 g/mol. The van der Waals surface area contributed by atoms with Crippen LogP contribution in [0.15, 0.2) is 24.3 Å². The van der Waals surface area contributed by atoms with Gasteiger partial charge >= 0.3 is 0 Å². The van der Waals surface area contributed by atoms with Crippen LogP contribution in [0, 0.1) is 23.2 Å². The van der Waals surface area contributed by atoms with E-state index in [2.05, 4.69) is 10.2 Å². The first-order valence-corrected chi connectivity index (χ1v) is 11.9. The molecule has 4 bridgehead atoms. The molecule has 4 saturated carbocycles. The van der Waals surface area contributed by atoms with Gasteiger partial charge in [-0.25, -0.2) is 0 Å². The maximum atomic E-state index is 13.2. The fourth-order valence-electron chi connectivity index (χ4n) is 6.94. The van der Waals surface area contributed by atoms with E-state index in [0.717, 1.165) is 74.7 Å². The Kier molecular flexibility index (Phi) is 5.78. The van der Waals surface area contributed by atoms with Crippen LogP contribution in [0.1, 0.15) is 38.5 Å². The Labute approximate surface area is 185 Å². The second kappa shape index (κ2) is 8.55. The van der Waals surface area contributed by atoms with Gasteiger partial charge in [-0.1, -0.05) is 0 Å². The summed E-state index contributed by atoms with van der Waals surface area (Å²) < 4.78 is 5.40. The maximum Gasteiger partial charge on any atom is 0.238 e. The Morgan fingerprint density at radius 2 is 1.58 bits per heavy atom. The van der Waals surface area contributed by atoms with Crippen LogP contribution in [-0.2, 0) is 14.3 Å². The van der Waals surface area contributed by atoms with Gasteiger partial charge in [-0.2, -0.15) is 0 Å². The van der Waals surface area contributed by atoms with Gasteiger partial charge in [0.1, 0.15) is 0 Å². The summed E-state index contributed by atoms with van der Waals surface area (Å²) in [4.78, 5) is 30.0. The second-order valence-corrected chi connectivity index (χ2v) is 10.5. The molecule has 6 rings (SSSR count). The summed E-state index contributed by atoms with van der Waals surface area (Å²) in [6.07, 6.45) is 7.30. The van der Waals surface area contributed by atoms with Gasteiger partial charge in [0.25, 0.3) is 0 Å². The number of amides is 1. The Morgan fingerprint density at radius 1 is 1.00 bits per heavy atom. The molecule has 1 aromatic carbocycles.